The monoisotopic (exact) mass is 313 g/mol. The van der Waals surface area contributed by atoms with Gasteiger partial charge in [0.15, 0.2) is 11.5 Å². The summed E-state index contributed by atoms with van der Waals surface area (Å²) in [5.41, 5.74) is 1.54. The summed E-state index contributed by atoms with van der Waals surface area (Å²) in [6.45, 7) is 1.03. The number of hydrogen-bond donors (Lipinski definition) is 2. The van der Waals surface area contributed by atoms with Crippen LogP contribution in [0.1, 0.15) is 15.9 Å². The summed E-state index contributed by atoms with van der Waals surface area (Å²) < 4.78 is 10.9. The van der Waals surface area contributed by atoms with E-state index in [2.05, 4.69) is 5.32 Å². The largest absolute Gasteiger partial charge is 0.486 e. The Hall–Kier alpha value is -3.02. The van der Waals surface area contributed by atoms with Gasteiger partial charge in [0.2, 0.25) is 5.91 Å². The van der Waals surface area contributed by atoms with E-state index in [0.29, 0.717) is 30.4 Å². The molecule has 0 bridgehead atoms. The Bertz CT molecular complexity index is 739. The van der Waals surface area contributed by atoms with Crippen LogP contribution in [0, 0.1) is 0 Å². The maximum atomic E-state index is 12.1. The van der Waals surface area contributed by atoms with Crippen LogP contribution < -0.4 is 14.8 Å². The van der Waals surface area contributed by atoms with E-state index in [4.69, 9.17) is 14.6 Å². The van der Waals surface area contributed by atoms with Gasteiger partial charge in [-0.05, 0) is 42.0 Å². The minimum atomic E-state index is -1.00. The molecule has 0 radical (unpaired) electrons. The molecule has 0 saturated carbocycles. The first-order chi connectivity index (χ1) is 11.1. The molecule has 1 aliphatic heterocycles. The lowest BCUT2D eigenvalue weighted by atomic mass is 10.1. The van der Waals surface area contributed by atoms with Gasteiger partial charge in [-0.1, -0.05) is 6.07 Å². The molecule has 6 heteroatoms. The summed E-state index contributed by atoms with van der Waals surface area (Å²) in [6.07, 6.45) is 0.192. The first-order valence-electron chi connectivity index (χ1n) is 7.13. The van der Waals surface area contributed by atoms with E-state index in [0.717, 1.165) is 5.56 Å². The van der Waals surface area contributed by atoms with Crippen LogP contribution >= 0.6 is 0 Å². The van der Waals surface area contributed by atoms with Gasteiger partial charge in [-0.2, -0.15) is 0 Å². The topological polar surface area (TPSA) is 84.9 Å². The fourth-order valence-electron chi connectivity index (χ4n) is 2.28. The number of benzene rings is 2. The first kappa shape index (κ1) is 14.9. The van der Waals surface area contributed by atoms with E-state index in [-0.39, 0.29) is 17.9 Å². The number of carbonyl (C=O) groups is 2. The van der Waals surface area contributed by atoms with Gasteiger partial charge in [0.25, 0.3) is 0 Å². The fourth-order valence-corrected chi connectivity index (χ4v) is 2.28. The predicted molar refractivity (Wildman–Crippen MR) is 83.2 cm³/mol. The van der Waals surface area contributed by atoms with E-state index in [1.807, 2.05) is 6.07 Å². The predicted octanol–water partition coefficient (Wildman–Crippen LogP) is 2.34. The molecule has 23 heavy (non-hydrogen) atoms. The Labute approximate surface area is 132 Å². The number of ether oxygens (including phenoxy) is 2. The summed E-state index contributed by atoms with van der Waals surface area (Å²) in [6, 6.07) is 11.4. The number of hydrogen-bond acceptors (Lipinski definition) is 4. The third kappa shape index (κ3) is 3.60. The molecule has 0 aliphatic carbocycles. The van der Waals surface area contributed by atoms with Crippen molar-refractivity contribution in [2.24, 2.45) is 0 Å². The number of carboxylic acid groups (broad SMARTS) is 1. The molecule has 1 aliphatic rings. The van der Waals surface area contributed by atoms with E-state index in [1.54, 1.807) is 24.3 Å². The zero-order chi connectivity index (χ0) is 16.2. The SMILES string of the molecule is O=C(Cc1ccc2c(c1)OCCO2)Nc1ccc(C(=O)O)cc1. The number of fused-ring (bicyclic) bond motifs is 1. The Balaban J connectivity index is 1.64. The zero-order valence-corrected chi connectivity index (χ0v) is 12.2. The maximum absolute atomic E-state index is 12.1. The van der Waals surface area contributed by atoms with Gasteiger partial charge in [-0.25, -0.2) is 4.79 Å². The molecule has 0 spiro atoms. The third-order valence-electron chi connectivity index (χ3n) is 3.39. The van der Waals surface area contributed by atoms with E-state index >= 15 is 0 Å². The highest BCUT2D eigenvalue weighted by Gasteiger charge is 2.13. The molecular weight excluding hydrogens is 298 g/mol. The summed E-state index contributed by atoms with van der Waals surface area (Å²) in [4.78, 5) is 22.9. The van der Waals surface area contributed by atoms with Crippen molar-refractivity contribution in [3.63, 3.8) is 0 Å². The second-order valence-corrected chi connectivity index (χ2v) is 5.09. The smallest absolute Gasteiger partial charge is 0.335 e. The molecule has 0 atom stereocenters. The molecule has 0 aromatic heterocycles. The summed E-state index contributed by atoms with van der Waals surface area (Å²) >= 11 is 0. The van der Waals surface area contributed by atoms with E-state index in [1.165, 1.54) is 12.1 Å². The number of carbonyl (C=O) groups excluding carboxylic acids is 1. The van der Waals surface area contributed by atoms with Crippen molar-refractivity contribution in [3.8, 4) is 11.5 Å². The number of carboxylic acids is 1. The number of anilines is 1. The van der Waals surface area contributed by atoms with Gasteiger partial charge in [0.1, 0.15) is 13.2 Å². The summed E-state index contributed by atoms with van der Waals surface area (Å²) in [5, 5.41) is 11.6. The van der Waals surface area contributed by atoms with Crippen LogP contribution in [-0.4, -0.2) is 30.2 Å². The lowest BCUT2D eigenvalue weighted by Gasteiger charge is -2.18. The molecule has 118 valence electrons. The third-order valence-corrected chi connectivity index (χ3v) is 3.39. The average Bonchev–Trinajstić information content (AvgIpc) is 2.55. The Morgan fingerprint density at radius 3 is 2.39 bits per heavy atom. The van der Waals surface area contributed by atoms with Crippen molar-refractivity contribution < 1.29 is 24.2 Å². The van der Waals surface area contributed by atoms with Crippen LogP contribution in [0.4, 0.5) is 5.69 Å². The standard InChI is InChI=1S/C17H15NO5/c19-16(18-13-4-2-12(3-5-13)17(20)21)10-11-1-6-14-15(9-11)23-8-7-22-14/h1-6,9H,7-8,10H2,(H,18,19)(H,20,21). The molecule has 0 unspecified atom stereocenters. The average molecular weight is 313 g/mol. The number of nitrogens with one attached hydrogen (secondary N) is 1. The second kappa shape index (κ2) is 6.39. The highest BCUT2D eigenvalue weighted by molar-refractivity contribution is 5.93. The summed E-state index contributed by atoms with van der Waals surface area (Å²) in [7, 11) is 0. The first-order valence-corrected chi connectivity index (χ1v) is 7.13. The molecule has 0 saturated heterocycles. The van der Waals surface area contributed by atoms with Crippen molar-refractivity contribution in [1.82, 2.24) is 0 Å². The molecule has 1 amide bonds. The van der Waals surface area contributed by atoms with Crippen LogP contribution in [0.3, 0.4) is 0 Å². The zero-order valence-electron chi connectivity index (χ0n) is 12.2. The lowest BCUT2D eigenvalue weighted by molar-refractivity contribution is -0.115. The minimum absolute atomic E-state index is 0.176. The number of rotatable bonds is 4. The van der Waals surface area contributed by atoms with Gasteiger partial charge in [0, 0.05) is 5.69 Å². The number of amides is 1. The van der Waals surface area contributed by atoms with Crippen molar-refractivity contribution >= 4 is 17.6 Å². The molecule has 1 heterocycles. The van der Waals surface area contributed by atoms with Crippen LogP contribution in [0.25, 0.3) is 0 Å². The van der Waals surface area contributed by atoms with Crippen molar-refractivity contribution in [1.29, 1.82) is 0 Å². The number of aromatic carboxylic acids is 1. The molecule has 3 rings (SSSR count). The molecule has 6 nitrogen and oxygen atoms in total. The quantitative estimate of drug-likeness (QED) is 0.905. The molecule has 2 aromatic carbocycles. The van der Waals surface area contributed by atoms with Crippen molar-refractivity contribution in [3.05, 3.63) is 53.6 Å². The highest BCUT2D eigenvalue weighted by Crippen LogP contribution is 2.30. The van der Waals surface area contributed by atoms with E-state index < -0.39 is 5.97 Å². The molecule has 0 fully saturated rings. The Morgan fingerprint density at radius 2 is 1.70 bits per heavy atom. The van der Waals surface area contributed by atoms with Gasteiger partial charge >= 0.3 is 5.97 Å². The van der Waals surface area contributed by atoms with Crippen molar-refractivity contribution in [2.45, 2.75) is 6.42 Å². The van der Waals surface area contributed by atoms with Crippen LogP contribution in [0.5, 0.6) is 11.5 Å². The van der Waals surface area contributed by atoms with Crippen molar-refractivity contribution in [2.75, 3.05) is 18.5 Å². The fraction of sp³-hybridized carbons (Fsp3) is 0.176. The van der Waals surface area contributed by atoms with E-state index in [9.17, 15) is 9.59 Å². The molecule has 2 N–H and O–H groups in total. The highest BCUT2D eigenvalue weighted by atomic mass is 16.6. The van der Waals surface area contributed by atoms with Crippen LogP contribution in [0.15, 0.2) is 42.5 Å². The second-order valence-electron chi connectivity index (χ2n) is 5.09. The summed E-state index contributed by atoms with van der Waals surface area (Å²) in [5.74, 6) is 0.140. The van der Waals surface area contributed by atoms with Gasteiger partial charge in [0.05, 0.1) is 12.0 Å². The Kier molecular flexibility index (Phi) is 4.14. The van der Waals surface area contributed by atoms with Crippen LogP contribution in [0.2, 0.25) is 0 Å². The lowest BCUT2D eigenvalue weighted by Crippen LogP contribution is -2.17. The van der Waals surface area contributed by atoms with Gasteiger partial charge < -0.3 is 19.9 Å². The molecular formula is C17H15NO5. The van der Waals surface area contributed by atoms with Gasteiger partial charge in [-0.3, -0.25) is 4.79 Å². The van der Waals surface area contributed by atoms with Crippen LogP contribution in [-0.2, 0) is 11.2 Å². The Morgan fingerprint density at radius 1 is 1.00 bits per heavy atom. The molecule has 2 aromatic rings. The normalized spacial score (nSPS) is 12.5. The van der Waals surface area contributed by atoms with Gasteiger partial charge in [-0.15, -0.1) is 0 Å². The maximum Gasteiger partial charge on any atom is 0.335 e. The minimum Gasteiger partial charge on any atom is -0.486 e.